The van der Waals surface area contributed by atoms with Crippen LogP contribution >= 0.6 is 0 Å². The summed E-state index contributed by atoms with van der Waals surface area (Å²) >= 11 is 0. The van der Waals surface area contributed by atoms with Crippen LogP contribution in [0.3, 0.4) is 0 Å². The van der Waals surface area contributed by atoms with Crippen molar-refractivity contribution >= 4 is 54.2 Å². The molecular formula is C58H64. The van der Waals surface area contributed by atoms with Crippen LogP contribution in [0.25, 0.3) is 54.2 Å². The standard InChI is InChI=1S/C58H64/c1-33-43-25-39(55(9,10)11)27-45(33)47-31-49-50(32-48(47)46-28-40(56(12,13)14)26-44(34(46)2)42-20-18-17-19-41(42)43)52-30-38(54(6,7)8)24-36-22-21-35-23-37(53(3,4)5)29-51(49)57(35,15)58(36,52)16/h17-32H,1-16H3/t57-,58-/m0/s1. The number of hydrogen-bond donors (Lipinski definition) is 0. The molecule has 0 aliphatic heterocycles. The van der Waals surface area contributed by atoms with Gasteiger partial charge in [-0.25, -0.2) is 0 Å². The van der Waals surface area contributed by atoms with Crippen LogP contribution in [0.15, 0.2) is 119 Å². The third-order valence-corrected chi connectivity index (χ3v) is 15.0. The highest BCUT2D eigenvalue weighted by Gasteiger charge is 2.57. The summed E-state index contributed by atoms with van der Waals surface area (Å²) in [6.07, 6.45) is 15.1. The summed E-state index contributed by atoms with van der Waals surface area (Å²) in [5.74, 6) is 0. The number of fused-ring (bicyclic) bond motifs is 11. The van der Waals surface area contributed by atoms with Crippen molar-refractivity contribution in [2.24, 2.45) is 21.7 Å². The molecule has 0 heteroatoms. The van der Waals surface area contributed by atoms with Crippen molar-refractivity contribution < 1.29 is 0 Å². The van der Waals surface area contributed by atoms with Crippen molar-refractivity contribution in [2.75, 3.05) is 0 Å². The van der Waals surface area contributed by atoms with Crippen molar-refractivity contribution in [3.8, 4) is 0 Å². The molecule has 4 aliphatic rings. The van der Waals surface area contributed by atoms with Gasteiger partial charge in [0.15, 0.2) is 0 Å². The molecule has 0 heterocycles. The number of benzene rings is 4. The molecule has 0 fully saturated rings. The van der Waals surface area contributed by atoms with Gasteiger partial charge in [-0.15, -0.1) is 0 Å². The van der Waals surface area contributed by atoms with E-state index < -0.39 is 0 Å². The predicted molar refractivity (Wildman–Crippen MR) is 255 cm³/mol. The summed E-state index contributed by atoms with van der Waals surface area (Å²) in [6.45, 7) is 38.3. The van der Waals surface area contributed by atoms with Crippen molar-refractivity contribution in [2.45, 2.75) is 122 Å². The fourth-order valence-electron chi connectivity index (χ4n) is 10.8. The van der Waals surface area contributed by atoms with Gasteiger partial charge in [-0.3, -0.25) is 0 Å². The summed E-state index contributed by atoms with van der Waals surface area (Å²) in [5.41, 5.74) is 13.4. The van der Waals surface area contributed by atoms with Crippen LogP contribution in [0, 0.1) is 35.5 Å². The van der Waals surface area contributed by atoms with E-state index in [9.17, 15) is 0 Å². The van der Waals surface area contributed by atoms with Gasteiger partial charge >= 0.3 is 0 Å². The highest BCUT2D eigenvalue weighted by molar-refractivity contribution is 6.17. The smallest absolute Gasteiger partial charge is 0.0315 e. The number of rotatable bonds is 0. The van der Waals surface area contributed by atoms with Gasteiger partial charge in [0.25, 0.3) is 0 Å². The fraction of sp³-hybridized carbons (Fsp3) is 0.379. The van der Waals surface area contributed by atoms with E-state index in [1.807, 2.05) is 0 Å². The van der Waals surface area contributed by atoms with Gasteiger partial charge in [0.1, 0.15) is 0 Å². The Morgan fingerprint density at radius 3 is 1.02 bits per heavy atom. The lowest BCUT2D eigenvalue weighted by Crippen LogP contribution is -2.54. The molecule has 5 aromatic rings. The highest BCUT2D eigenvalue weighted by Crippen LogP contribution is 2.66. The Kier molecular flexibility index (Phi) is 8.01. The van der Waals surface area contributed by atoms with Crippen LogP contribution in [0.2, 0.25) is 0 Å². The van der Waals surface area contributed by atoms with Gasteiger partial charge in [0.05, 0.1) is 0 Å². The van der Waals surface area contributed by atoms with Gasteiger partial charge in [-0.2, -0.15) is 0 Å². The third kappa shape index (κ3) is 5.32. The van der Waals surface area contributed by atoms with E-state index in [4.69, 9.17) is 0 Å². The maximum atomic E-state index is 2.65. The molecule has 58 heavy (non-hydrogen) atoms. The monoisotopic (exact) mass is 761 g/mol. The van der Waals surface area contributed by atoms with Crippen molar-refractivity contribution in [3.63, 3.8) is 0 Å². The first kappa shape index (κ1) is 38.8. The van der Waals surface area contributed by atoms with Crippen LogP contribution in [0.4, 0.5) is 0 Å². The van der Waals surface area contributed by atoms with Crippen LogP contribution < -0.4 is 10.4 Å². The molecule has 0 saturated carbocycles. The molecule has 5 aromatic carbocycles. The second kappa shape index (κ2) is 12.0. The van der Waals surface area contributed by atoms with Crippen LogP contribution in [-0.4, -0.2) is 0 Å². The molecule has 9 rings (SSSR count). The topological polar surface area (TPSA) is 0 Å². The molecular weight excluding hydrogens is 697 g/mol. The predicted octanol–water partition coefficient (Wildman–Crippen LogP) is 14.8. The van der Waals surface area contributed by atoms with E-state index in [0.29, 0.717) is 0 Å². The van der Waals surface area contributed by atoms with Crippen LogP contribution in [-0.2, 0) is 10.8 Å². The largest absolute Gasteiger partial charge is 0.0616 e. The zero-order valence-corrected chi connectivity index (χ0v) is 38.2. The van der Waals surface area contributed by atoms with E-state index in [-0.39, 0.29) is 32.5 Å². The Bertz CT molecular complexity index is 2830. The summed E-state index contributed by atoms with van der Waals surface area (Å²) in [4.78, 5) is 0. The number of allylic oxidation sites excluding steroid dienone is 10. The Labute approximate surface area is 348 Å². The molecule has 0 amide bonds. The molecule has 0 spiro atoms. The minimum atomic E-state index is -0.240. The lowest BCUT2D eigenvalue weighted by atomic mass is 9.45. The second-order valence-corrected chi connectivity index (χ2v) is 22.7. The Hall–Kier alpha value is -4.68. The van der Waals surface area contributed by atoms with Gasteiger partial charge in [-0.05, 0) is 157 Å². The molecule has 2 atom stereocenters. The van der Waals surface area contributed by atoms with Crippen molar-refractivity contribution in [1.29, 1.82) is 0 Å². The lowest BCUT2D eigenvalue weighted by molar-refractivity contribution is 0.298. The summed E-state index contributed by atoms with van der Waals surface area (Å²) in [5, 5.41) is 13.4. The zero-order chi connectivity index (χ0) is 41.9. The molecule has 4 aliphatic carbocycles. The Balaban J connectivity index is 1.67. The third-order valence-electron chi connectivity index (χ3n) is 15.0. The average Bonchev–Trinajstić information content (AvgIpc) is 3.12. The zero-order valence-electron chi connectivity index (χ0n) is 38.2. The van der Waals surface area contributed by atoms with Gasteiger partial charge < -0.3 is 0 Å². The van der Waals surface area contributed by atoms with E-state index in [0.717, 1.165) is 0 Å². The van der Waals surface area contributed by atoms with E-state index in [2.05, 4.69) is 208 Å². The first-order valence-electron chi connectivity index (χ1n) is 21.8. The SMILES string of the molecule is Cc1c2cc(C(C)(C)C)cc1c1cc3c(cc1c1cc(C(C)(C)C)cc(c1C)c1ccccc21)=C1C=C(C(C)(C)C)C=C2C=CC4=CC(C(C)(C)C)=CC=3[C@@]4(C)[C@@]21C. The fourth-order valence-corrected chi connectivity index (χ4v) is 10.8. The van der Waals surface area contributed by atoms with Gasteiger partial charge in [0, 0.05) is 10.8 Å². The van der Waals surface area contributed by atoms with E-state index >= 15 is 0 Å². The van der Waals surface area contributed by atoms with Crippen LogP contribution in [0.1, 0.15) is 119 Å². The van der Waals surface area contributed by atoms with Crippen molar-refractivity contribution in [1.82, 2.24) is 0 Å². The summed E-state index contributed by atoms with van der Waals surface area (Å²) in [7, 11) is 0. The number of hydrogen-bond acceptors (Lipinski definition) is 0. The first-order chi connectivity index (χ1) is 26.8. The normalized spacial score (nSPS) is 21.9. The quantitative estimate of drug-likeness (QED) is 0.147. The molecule has 0 radical (unpaired) electrons. The molecule has 0 saturated heterocycles. The minimum Gasteiger partial charge on any atom is -0.0616 e. The maximum absolute atomic E-state index is 2.65. The highest BCUT2D eigenvalue weighted by atomic mass is 14.6. The molecule has 296 valence electrons. The van der Waals surface area contributed by atoms with Crippen LogP contribution in [0.5, 0.6) is 0 Å². The van der Waals surface area contributed by atoms with E-state index in [1.165, 1.54) is 109 Å². The average molecular weight is 761 g/mol. The molecule has 0 N–H and O–H groups in total. The molecule has 0 nitrogen and oxygen atoms in total. The first-order valence-corrected chi connectivity index (χ1v) is 21.8. The summed E-state index contributed by atoms with van der Waals surface area (Å²) < 4.78 is 0. The van der Waals surface area contributed by atoms with Gasteiger partial charge in [-0.1, -0.05) is 182 Å². The molecule has 4 bridgehead atoms. The lowest BCUT2D eigenvalue weighted by Gasteiger charge is -2.57. The second-order valence-electron chi connectivity index (χ2n) is 22.7. The van der Waals surface area contributed by atoms with Gasteiger partial charge in [0.2, 0.25) is 0 Å². The molecule has 0 unspecified atom stereocenters. The van der Waals surface area contributed by atoms with E-state index in [1.54, 1.807) is 0 Å². The minimum absolute atomic E-state index is 0.00280. The maximum Gasteiger partial charge on any atom is 0.0315 e. The number of aryl methyl sites for hydroxylation is 2. The molecule has 0 aromatic heterocycles. The Morgan fingerprint density at radius 1 is 0.379 bits per heavy atom. The van der Waals surface area contributed by atoms with Crippen molar-refractivity contribution in [3.05, 3.63) is 152 Å². The Morgan fingerprint density at radius 2 is 0.707 bits per heavy atom. The summed E-state index contributed by atoms with van der Waals surface area (Å²) in [6, 6.07) is 24.5.